The lowest BCUT2D eigenvalue weighted by atomic mass is 10.2. The molecule has 0 aliphatic carbocycles. The SMILES string of the molecule is Cc1ccccc1NCCn1ncc2ccccc2c1=O. The van der Waals surface area contributed by atoms with E-state index in [0.29, 0.717) is 18.5 Å². The molecule has 0 saturated carbocycles. The number of aromatic nitrogens is 2. The molecule has 0 atom stereocenters. The van der Waals surface area contributed by atoms with Gasteiger partial charge < -0.3 is 5.32 Å². The molecule has 0 saturated heterocycles. The fourth-order valence-corrected chi connectivity index (χ4v) is 2.35. The number of aryl methyl sites for hydroxylation is 1. The van der Waals surface area contributed by atoms with Crippen molar-refractivity contribution in [3.63, 3.8) is 0 Å². The van der Waals surface area contributed by atoms with Gasteiger partial charge in [0.2, 0.25) is 0 Å². The van der Waals surface area contributed by atoms with Gasteiger partial charge in [-0.2, -0.15) is 5.10 Å². The van der Waals surface area contributed by atoms with Crippen molar-refractivity contribution in [3.8, 4) is 0 Å². The normalized spacial score (nSPS) is 10.7. The highest BCUT2D eigenvalue weighted by molar-refractivity contribution is 5.80. The van der Waals surface area contributed by atoms with Crippen LogP contribution in [-0.2, 0) is 6.54 Å². The Labute approximate surface area is 123 Å². The van der Waals surface area contributed by atoms with E-state index in [2.05, 4.69) is 23.4 Å². The molecule has 2 aromatic carbocycles. The summed E-state index contributed by atoms with van der Waals surface area (Å²) >= 11 is 0. The van der Waals surface area contributed by atoms with Crippen LogP contribution in [0, 0.1) is 6.92 Å². The van der Waals surface area contributed by atoms with Crippen molar-refractivity contribution in [2.75, 3.05) is 11.9 Å². The smallest absolute Gasteiger partial charge is 0.274 e. The first-order valence-electron chi connectivity index (χ1n) is 7.00. The molecule has 0 aliphatic heterocycles. The van der Waals surface area contributed by atoms with Gasteiger partial charge >= 0.3 is 0 Å². The topological polar surface area (TPSA) is 46.9 Å². The number of hydrogen-bond acceptors (Lipinski definition) is 3. The van der Waals surface area contributed by atoms with Crippen molar-refractivity contribution in [2.24, 2.45) is 0 Å². The second-order valence-electron chi connectivity index (χ2n) is 5.00. The molecule has 0 radical (unpaired) electrons. The molecule has 0 aliphatic rings. The Balaban J connectivity index is 1.76. The van der Waals surface area contributed by atoms with E-state index >= 15 is 0 Å². The summed E-state index contributed by atoms with van der Waals surface area (Å²) in [5.41, 5.74) is 2.24. The van der Waals surface area contributed by atoms with Crippen LogP contribution in [0.25, 0.3) is 10.8 Å². The van der Waals surface area contributed by atoms with Gasteiger partial charge in [0.05, 0.1) is 18.1 Å². The standard InChI is InChI=1S/C17H17N3O/c1-13-6-2-5-9-16(13)18-10-11-20-17(21)15-8-4-3-7-14(15)12-19-20/h2-9,12,18H,10-11H2,1H3. The highest BCUT2D eigenvalue weighted by atomic mass is 16.1. The molecular weight excluding hydrogens is 262 g/mol. The van der Waals surface area contributed by atoms with Crippen LogP contribution < -0.4 is 10.9 Å². The van der Waals surface area contributed by atoms with E-state index in [1.165, 1.54) is 10.2 Å². The third-order valence-electron chi connectivity index (χ3n) is 3.55. The summed E-state index contributed by atoms with van der Waals surface area (Å²) in [6, 6.07) is 15.6. The molecule has 4 nitrogen and oxygen atoms in total. The number of hydrogen-bond donors (Lipinski definition) is 1. The van der Waals surface area contributed by atoms with Crippen molar-refractivity contribution < 1.29 is 0 Å². The minimum absolute atomic E-state index is 0.0420. The van der Waals surface area contributed by atoms with Crippen LogP contribution in [0.3, 0.4) is 0 Å². The van der Waals surface area contributed by atoms with Crippen LogP contribution in [0.2, 0.25) is 0 Å². The van der Waals surface area contributed by atoms with Crippen molar-refractivity contribution >= 4 is 16.5 Å². The first-order valence-corrected chi connectivity index (χ1v) is 7.00. The Hall–Kier alpha value is -2.62. The number of nitrogens with zero attached hydrogens (tertiary/aromatic N) is 2. The molecule has 21 heavy (non-hydrogen) atoms. The minimum Gasteiger partial charge on any atom is -0.383 e. The average Bonchev–Trinajstić information content (AvgIpc) is 2.52. The predicted octanol–water partition coefficient (Wildman–Crippen LogP) is 2.82. The lowest BCUT2D eigenvalue weighted by molar-refractivity contribution is 0.604. The van der Waals surface area contributed by atoms with E-state index in [1.807, 2.05) is 42.5 Å². The lowest BCUT2D eigenvalue weighted by Crippen LogP contribution is -2.26. The summed E-state index contributed by atoms with van der Waals surface area (Å²) in [6.45, 7) is 3.26. The first kappa shape index (κ1) is 13.4. The van der Waals surface area contributed by atoms with Crippen LogP contribution in [0.4, 0.5) is 5.69 Å². The zero-order valence-corrected chi connectivity index (χ0v) is 11.9. The first-order chi connectivity index (χ1) is 10.3. The molecule has 0 amide bonds. The van der Waals surface area contributed by atoms with Gasteiger partial charge in [-0.1, -0.05) is 36.4 Å². The van der Waals surface area contributed by atoms with Crippen LogP contribution >= 0.6 is 0 Å². The van der Waals surface area contributed by atoms with E-state index in [9.17, 15) is 4.79 Å². The van der Waals surface area contributed by atoms with Crippen LogP contribution in [0.15, 0.2) is 59.5 Å². The zero-order valence-electron chi connectivity index (χ0n) is 11.9. The van der Waals surface area contributed by atoms with Crippen molar-refractivity contribution in [1.82, 2.24) is 9.78 Å². The average molecular weight is 279 g/mol. The lowest BCUT2D eigenvalue weighted by Gasteiger charge is -2.10. The quantitative estimate of drug-likeness (QED) is 0.799. The van der Waals surface area contributed by atoms with E-state index in [-0.39, 0.29) is 5.56 Å². The summed E-state index contributed by atoms with van der Waals surface area (Å²) in [6.07, 6.45) is 1.74. The summed E-state index contributed by atoms with van der Waals surface area (Å²) in [5.74, 6) is 0. The third-order valence-corrected chi connectivity index (χ3v) is 3.55. The maximum absolute atomic E-state index is 12.3. The predicted molar refractivity (Wildman–Crippen MR) is 85.7 cm³/mol. The van der Waals surface area contributed by atoms with Crippen molar-refractivity contribution in [1.29, 1.82) is 0 Å². The van der Waals surface area contributed by atoms with Gasteiger partial charge in [-0.3, -0.25) is 4.79 Å². The number of benzene rings is 2. The Bertz CT molecular complexity index is 823. The Morgan fingerprint density at radius 2 is 1.86 bits per heavy atom. The number of anilines is 1. The van der Waals surface area contributed by atoms with Gasteiger partial charge in [0, 0.05) is 17.6 Å². The Morgan fingerprint density at radius 1 is 1.10 bits per heavy atom. The van der Waals surface area contributed by atoms with E-state index < -0.39 is 0 Å². The molecule has 106 valence electrons. The highest BCUT2D eigenvalue weighted by Gasteiger charge is 2.03. The molecular formula is C17H17N3O. The molecule has 0 unspecified atom stereocenters. The van der Waals surface area contributed by atoms with Gasteiger partial charge in [-0.25, -0.2) is 4.68 Å². The molecule has 3 rings (SSSR count). The molecule has 0 fully saturated rings. The second kappa shape index (κ2) is 5.79. The zero-order chi connectivity index (χ0) is 14.7. The largest absolute Gasteiger partial charge is 0.383 e. The van der Waals surface area contributed by atoms with E-state index in [0.717, 1.165) is 11.1 Å². The van der Waals surface area contributed by atoms with Crippen molar-refractivity contribution in [2.45, 2.75) is 13.5 Å². The van der Waals surface area contributed by atoms with Gasteiger partial charge in [0.15, 0.2) is 0 Å². The van der Waals surface area contributed by atoms with E-state index in [4.69, 9.17) is 0 Å². The van der Waals surface area contributed by atoms with Gasteiger partial charge in [-0.05, 0) is 24.6 Å². The van der Waals surface area contributed by atoms with Crippen LogP contribution in [0.1, 0.15) is 5.56 Å². The summed E-state index contributed by atoms with van der Waals surface area (Å²) in [7, 11) is 0. The maximum atomic E-state index is 12.3. The number of fused-ring (bicyclic) bond motifs is 1. The van der Waals surface area contributed by atoms with E-state index in [1.54, 1.807) is 6.20 Å². The highest BCUT2D eigenvalue weighted by Crippen LogP contribution is 2.12. The third kappa shape index (κ3) is 2.79. The van der Waals surface area contributed by atoms with Crippen molar-refractivity contribution in [3.05, 3.63) is 70.6 Å². The Kier molecular flexibility index (Phi) is 3.69. The molecule has 0 spiro atoms. The summed E-state index contributed by atoms with van der Waals surface area (Å²) in [5, 5.41) is 9.15. The molecule has 3 aromatic rings. The maximum Gasteiger partial charge on any atom is 0.274 e. The number of rotatable bonds is 4. The second-order valence-corrected chi connectivity index (χ2v) is 5.00. The number of para-hydroxylation sites is 1. The van der Waals surface area contributed by atoms with Gasteiger partial charge in [0.1, 0.15) is 0 Å². The fourth-order valence-electron chi connectivity index (χ4n) is 2.35. The molecule has 1 N–H and O–H groups in total. The minimum atomic E-state index is -0.0420. The van der Waals surface area contributed by atoms with Gasteiger partial charge in [0.25, 0.3) is 5.56 Å². The number of nitrogens with one attached hydrogen (secondary N) is 1. The molecule has 1 aromatic heterocycles. The fraction of sp³-hybridized carbons (Fsp3) is 0.176. The molecule has 1 heterocycles. The van der Waals surface area contributed by atoms with Gasteiger partial charge in [-0.15, -0.1) is 0 Å². The monoisotopic (exact) mass is 279 g/mol. The summed E-state index contributed by atoms with van der Waals surface area (Å²) < 4.78 is 1.51. The Morgan fingerprint density at radius 3 is 2.71 bits per heavy atom. The summed E-state index contributed by atoms with van der Waals surface area (Å²) in [4.78, 5) is 12.3. The molecule has 4 heteroatoms. The van der Waals surface area contributed by atoms with Crippen LogP contribution in [0.5, 0.6) is 0 Å². The van der Waals surface area contributed by atoms with Crippen LogP contribution in [-0.4, -0.2) is 16.3 Å². The molecule has 0 bridgehead atoms.